The number of nitrogens with one attached hydrogen (secondary N) is 3. The van der Waals surface area contributed by atoms with Crippen molar-refractivity contribution in [3.05, 3.63) is 47.8 Å². The summed E-state index contributed by atoms with van der Waals surface area (Å²) in [4.78, 5) is 3.19. The lowest BCUT2D eigenvalue weighted by molar-refractivity contribution is 0.601. The second kappa shape index (κ2) is 6.11. The van der Waals surface area contributed by atoms with Crippen molar-refractivity contribution in [1.82, 2.24) is 10.3 Å². The molecular formula is C14H19N3O2S. The largest absolute Gasteiger partial charge is 0.363 e. The highest BCUT2D eigenvalue weighted by Crippen LogP contribution is 2.20. The van der Waals surface area contributed by atoms with Gasteiger partial charge in [-0.1, -0.05) is 25.1 Å². The summed E-state index contributed by atoms with van der Waals surface area (Å²) >= 11 is 0. The van der Waals surface area contributed by atoms with E-state index in [-0.39, 0.29) is 4.90 Å². The van der Waals surface area contributed by atoms with Gasteiger partial charge in [-0.05, 0) is 31.2 Å². The first-order valence-electron chi connectivity index (χ1n) is 6.49. The number of benzene rings is 1. The van der Waals surface area contributed by atoms with Crippen LogP contribution in [-0.2, 0) is 23.0 Å². The molecule has 1 heterocycles. The van der Waals surface area contributed by atoms with E-state index in [9.17, 15) is 8.42 Å². The third-order valence-corrected chi connectivity index (χ3v) is 4.38. The topological polar surface area (TPSA) is 74.0 Å². The van der Waals surface area contributed by atoms with Gasteiger partial charge < -0.3 is 10.3 Å². The number of H-pyrrole nitrogens is 1. The molecule has 5 nitrogen and oxygen atoms in total. The Morgan fingerprint density at radius 2 is 2.00 bits per heavy atom. The predicted octanol–water partition coefficient (Wildman–Crippen LogP) is 2.10. The maximum atomic E-state index is 12.3. The highest BCUT2D eigenvalue weighted by atomic mass is 32.2. The molecule has 0 spiro atoms. The third kappa shape index (κ3) is 3.20. The zero-order chi connectivity index (χ0) is 14.6. The number of para-hydroxylation sites is 1. The van der Waals surface area contributed by atoms with E-state index in [4.69, 9.17) is 0 Å². The Morgan fingerprint density at radius 1 is 1.25 bits per heavy atom. The lowest BCUT2D eigenvalue weighted by Gasteiger charge is -2.10. The van der Waals surface area contributed by atoms with Crippen LogP contribution in [0, 0.1) is 0 Å². The molecule has 2 rings (SSSR count). The highest BCUT2D eigenvalue weighted by Gasteiger charge is 2.17. The standard InChI is InChI=1S/C14H19N3O2S/c1-3-11-6-4-5-7-14(11)17-20(18,19)13-8-12(9-15-2)16-10-13/h4-8,10,15-17H,3,9H2,1-2H3. The number of hydrogen-bond donors (Lipinski definition) is 3. The van der Waals surface area contributed by atoms with Gasteiger partial charge in [0.05, 0.1) is 5.69 Å². The van der Waals surface area contributed by atoms with Crippen LogP contribution in [0.5, 0.6) is 0 Å². The van der Waals surface area contributed by atoms with Gasteiger partial charge in [0.25, 0.3) is 10.0 Å². The van der Waals surface area contributed by atoms with Crippen LogP contribution in [0.1, 0.15) is 18.2 Å². The van der Waals surface area contributed by atoms with E-state index in [1.165, 1.54) is 6.20 Å². The molecule has 0 atom stereocenters. The molecule has 0 aliphatic heterocycles. The van der Waals surface area contributed by atoms with E-state index < -0.39 is 10.0 Å². The monoisotopic (exact) mass is 293 g/mol. The molecule has 0 saturated carbocycles. The zero-order valence-electron chi connectivity index (χ0n) is 11.6. The smallest absolute Gasteiger partial charge is 0.263 e. The minimum Gasteiger partial charge on any atom is -0.363 e. The van der Waals surface area contributed by atoms with Gasteiger partial charge in [-0.15, -0.1) is 0 Å². The third-order valence-electron chi connectivity index (χ3n) is 3.04. The normalized spacial score (nSPS) is 11.5. The molecule has 0 radical (unpaired) electrons. The quantitative estimate of drug-likeness (QED) is 0.763. The molecule has 6 heteroatoms. The Hall–Kier alpha value is -1.79. The van der Waals surface area contributed by atoms with Crippen molar-refractivity contribution >= 4 is 15.7 Å². The Labute approximate surface area is 119 Å². The van der Waals surface area contributed by atoms with E-state index in [1.807, 2.05) is 32.2 Å². The highest BCUT2D eigenvalue weighted by molar-refractivity contribution is 7.92. The zero-order valence-corrected chi connectivity index (χ0v) is 12.4. The van der Waals surface area contributed by atoms with Crippen LogP contribution in [0.3, 0.4) is 0 Å². The number of rotatable bonds is 6. The molecule has 108 valence electrons. The number of sulfonamides is 1. The fourth-order valence-electron chi connectivity index (χ4n) is 2.00. The molecule has 0 amide bonds. The van der Waals surface area contributed by atoms with Gasteiger partial charge in [-0.2, -0.15) is 0 Å². The van der Waals surface area contributed by atoms with Gasteiger partial charge in [0, 0.05) is 18.4 Å². The molecule has 0 unspecified atom stereocenters. The molecule has 0 saturated heterocycles. The first-order chi connectivity index (χ1) is 9.56. The number of aromatic nitrogens is 1. The van der Waals surface area contributed by atoms with Crippen LogP contribution in [0.2, 0.25) is 0 Å². The molecule has 20 heavy (non-hydrogen) atoms. The lowest BCUT2D eigenvalue weighted by Crippen LogP contribution is -2.13. The molecule has 3 N–H and O–H groups in total. The second-order valence-electron chi connectivity index (χ2n) is 4.51. The molecular weight excluding hydrogens is 274 g/mol. The van der Waals surface area contributed by atoms with E-state index in [1.54, 1.807) is 12.1 Å². The average molecular weight is 293 g/mol. The summed E-state index contributed by atoms with van der Waals surface area (Å²) in [5.41, 5.74) is 2.44. The van der Waals surface area contributed by atoms with E-state index in [0.29, 0.717) is 12.2 Å². The number of aromatic amines is 1. The van der Waals surface area contributed by atoms with Crippen molar-refractivity contribution in [2.45, 2.75) is 24.8 Å². The maximum Gasteiger partial charge on any atom is 0.263 e. The number of hydrogen-bond acceptors (Lipinski definition) is 3. The first-order valence-corrected chi connectivity index (χ1v) is 7.97. The summed E-state index contributed by atoms with van der Waals surface area (Å²) in [6.07, 6.45) is 2.28. The maximum absolute atomic E-state index is 12.3. The fourth-order valence-corrected chi connectivity index (χ4v) is 3.12. The number of aryl methyl sites for hydroxylation is 1. The second-order valence-corrected chi connectivity index (χ2v) is 6.19. The molecule has 0 aliphatic rings. The minimum atomic E-state index is -3.55. The van der Waals surface area contributed by atoms with Gasteiger partial charge in [0.15, 0.2) is 0 Å². The summed E-state index contributed by atoms with van der Waals surface area (Å²) in [7, 11) is -1.74. The average Bonchev–Trinajstić information content (AvgIpc) is 2.89. The van der Waals surface area contributed by atoms with Crippen LogP contribution < -0.4 is 10.0 Å². The van der Waals surface area contributed by atoms with Crippen molar-refractivity contribution in [2.24, 2.45) is 0 Å². The van der Waals surface area contributed by atoms with E-state index >= 15 is 0 Å². The molecule has 1 aromatic carbocycles. The van der Waals surface area contributed by atoms with Crippen molar-refractivity contribution in [2.75, 3.05) is 11.8 Å². The van der Waals surface area contributed by atoms with Crippen LogP contribution in [0.25, 0.3) is 0 Å². The van der Waals surface area contributed by atoms with E-state index in [2.05, 4.69) is 15.0 Å². The minimum absolute atomic E-state index is 0.244. The summed E-state index contributed by atoms with van der Waals surface area (Å²) in [6, 6.07) is 9.05. The molecule has 0 aliphatic carbocycles. The van der Waals surface area contributed by atoms with Crippen molar-refractivity contribution in [3.8, 4) is 0 Å². The Morgan fingerprint density at radius 3 is 2.70 bits per heavy atom. The first kappa shape index (κ1) is 14.6. The SMILES string of the molecule is CCc1ccccc1NS(=O)(=O)c1c[nH]c(CNC)c1. The Balaban J connectivity index is 2.26. The van der Waals surface area contributed by atoms with Gasteiger partial charge in [0.1, 0.15) is 4.90 Å². The van der Waals surface area contributed by atoms with Gasteiger partial charge >= 0.3 is 0 Å². The Bertz CT molecular complexity index is 677. The van der Waals surface area contributed by atoms with Crippen LogP contribution in [0.15, 0.2) is 41.4 Å². The van der Waals surface area contributed by atoms with Crippen LogP contribution in [0.4, 0.5) is 5.69 Å². The van der Waals surface area contributed by atoms with Crippen molar-refractivity contribution < 1.29 is 8.42 Å². The summed E-state index contributed by atoms with van der Waals surface area (Å²) in [5.74, 6) is 0. The summed E-state index contributed by atoms with van der Waals surface area (Å²) in [6.45, 7) is 2.59. The fraction of sp³-hybridized carbons (Fsp3) is 0.286. The van der Waals surface area contributed by atoms with Crippen LogP contribution in [-0.4, -0.2) is 20.4 Å². The van der Waals surface area contributed by atoms with E-state index in [0.717, 1.165) is 17.7 Å². The number of anilines is 1. The summed E-state index contributed by atoms with van der Waals surface area (Å²) < 4.78 is 27.3. The predicted molar refractivity (Wildman–Crippen MR) is 80.2 cm³/mol. The van der Waals surface area contributed by atoms with Gasteiger partial charge in [-0.3, -0.25) is 4.72 Å². The van der Waals surface area contributed by atoms with Crippen molar-refractivity contribution in [1.29, 1.82) is 0 Å². The molecule has 2 aromatic rings. The van der Waals surface area contributed by atoms with Gasteiger partial charge in [-0.25, -0.2) is 8.42 Å². The summed E-state index contributed by atoms with van der Waals surface area (Å²) in [5, 5.41) is 2.97. The van der Waals surface area contributed by atoms with Gasteiger partial charge in [0.2, 0.25) is 0 Å². The molecule has 0 fully saturated rings. The van der Waals surface area contributed by atoms with Crippen LogP contribution >= 0.6 is 0 Å². The van der Waals surface area contributed by atoms with Crippen molar-refractivity contribution in [3.63, 3.8) is 0 Å². The molecule has 1 aromatic heterocycles. The lowest BCUT2D eigenvalue weighted by atomic mass is 10.1. The molecule has 0 bridgehead atoms. The Kier molecular flexibility index (Phi) is 4.46.